The van der Waals surface area contributed by atoms with Gasteiger partial charge in [-0.05, 0) is 12.2 Å². The van der Waals surface area contributed by atoms with E-state index in [1.807, 2.05) is 0 Å². The van der Waals surface area contributed by atoms with Gasteiger partial charge in [-0.1, -0.05) is 6.08 Å². The largest absolute Gasteiger partial charge is 0.222 e. The minimum absolute atomic E-state index is 1.48. The predicted molar refractivity (Wildman–Crippen MR) is 29.5 cm³/mol. The second kappa shape index (κ2) is 4.54. The summed E-state index contributed by atoms with van der Waals surface area (Å²) in [7, 11) is 0. The van der Waals surface area contributed by atoms with E-state index in [1.165, 1.54) is 6.54 Å². The predicted octanol–water partition coefficient (Wildman–Crippen LogP) is 1.44. The Bertz CT molecular complexity index is 81.5. The quantitative estimate of drug-likeness (QED) is 0.376. The molecule has 1 radical (unpaired) electrons. The zero-order valence-electron chi connectivity index (χ0n) is 3.22. The Hall–Kier alpha value is -0.460. The van der Waals surface area contributed by atoms with Crippen LogP contribution >= 0.6 is 12.2 Å². The third-order valence-corrected chi connectivity index (χ3v) is 0.338. The molecule has 0 aliphatic rings. The lowest BCUT2D eigenvalue weighted by atomic mass is 10.7. The topological polar surface area (TPSA) is 12.4 Å². The Morgan fingerprint density at radius 1 is 1.83 bits per heavy atom. The highest BCUT2D eigenvalue weighted by Crippen LogP contribution is 1.72. The molecule has 0 aromatic heterocycles. The molecule has 0 N–H and O–H groups in total. The number of hydrogen-bond acceptors (Lipinski definition) is 2. The molecule has 0 saturated heterocycles. The minimum Gasteiger partial charge on any atom is -0.222 e. The Labute approximate surface area is 42.4 Å². The molecular formula is C4H4NS. The number of nitrogens with zero attached hydrogens (tertiary/aromatic N) is 1. The van der Waals surface area contributed by atoms with E-state index in [4.69, 9.17) is 0 Å². The summed E-state index contributed by atoms with van der Waals surface area (Å²) in [6, 6.07) is 0. The van der Waals surface area contributed by atoms with Crippen molar-refractivity contribution < 1.29 is 0 Å². The molecule has 1 nitrogen and oxygen atoms in total. The second-order valence-corrected chi connectivity index (χ2v) is 0.788. The highest BCUT2D eigenvalue weighted by Gasteiger charge is 1.58. The van der Waals surface area contributed by atoms with Gasteiger partial charge in [-0.3, -0.25) is 0 Å². The van der Waals surface area contributed by atoms with Crippen LogP contribution in [-0.2, 0) is 0 Å². The average molecular weight is 98.2 g/mol. The van der Waals surface area contributed by atoms with E-state index in [2.05, 4.69) is 29.0 Å². The van der Waals surface area contributed by atoms with Gasteiger partial charge in [-0.25, -0.2) is 4.99 Å². The van der Waals surface area contributed by atoms with E-state index in [0.29, 0.717) is 0 Å². The fourth-order valence-electron chi connectivity index (χ4n) is 0.0831. The molecule has 0 spiro atoms. The van der Waals surface area contributed by atoms with E-state index in [0.717, 1.165) is 0 Å². The van der Waals surface area contributed by atoms with Gasteiger partial charge in [0, 0.05) is 0 Å². The summed E-state index contributed by atoms with van der Waals surface area (Å²) >= 11 is 4.22. The molecular weight excluding hydrogens is 94.1 g/mol. The van der Waals surface area contributed by atoms with Crippen LogP contribution in [0.15, 0.2) is 17.6 Å². The molecule has 0 bridgehead atoms. The van der Waals surface area contributed by atoms with Gasteiger partial charge < -0.3 is 0 Å². The first-order valence-corrected chi connectivity index (χ1v) is 1.84. The fourth-order valence-corrected chi connectivity index (χ4v) is 0.144. The van der Waals surface area contributed by atoms with Gasteiger partial charge in [0.1, 0.15) is 6.54 Å². The summed E-state index contributed by atoms with van der Waals surface area (Å²) in [5.41, 5.74) is 0. The number of isothiocyanates is 1. The summed E-state index contributed by atoms with van der Waals surface area (Å²) in [6.07, 6.45) is 1.54. The van der Waals surface area contributed by atoms with Crippen molar-refractivity contribution in [2.24, 2.45) is 4.99 Å². The highest BCUT2D eigenvalue weighted by molar-refractivity contribution is 7.78. The van der Waals surface area contributed by atoms with Crippen LogP contribution in [0.1, 0.15) is 0 Å². The first-order valence-electron chi connectivity index (χ1n) is 1.43. The maximum atomic E-state index is 4.22. The van der Waals surface area contributed by atoms with Crippen molar-refractivity contribution in [1.29, 1.82) is 0 Å². The molecule has 31 valence electrons. The van der Waals surface area contributed by atoms with E-state index in [9.17, 15) is 0 Å². The molecule has 0 amide bonds. The van der Waals surface area contributed by atoms with Crippen molar-refractivity contribution in [2.75, 3.05) is 0 Å². The van der Waals surface area contributed by atoms with Gasteiger partial charge in [0.05, 0.1) is 5.16 Å². The number of thiocarbonyl (C=S) groups is 1. The number of rotatable bonds is 2. The molecule has 0 aromatic rings. The Kier molecular flexibility index (Phi) is 4.19. The van der Waals surface area contributed by atoms with Crippen LogP contribution in [0.5, 0.6) is 0 Å². The lowest BCUT2D eigenvalue weighted by Gasteiger charge is -1.64. The smallest absolute Gasteiger partial charge is 0.105 e. The van der Waals surface area contributed by atoms with Crippen molar-refractivity contribution in [3.8, 4) is 0 Å². The zero-order chi connectivity index (χ0) is 4.83. The average Bonchev–Trinajstić information content (AvgIpc) is 1.61. The van der Waals surface area contributed by atoms with E-state index >= 15 is 0 Å². The summed E-state index contributed by atoms with van der Waals surface area (Å²) in [4.78, 5) is 3.41. The molecule has 0 aromatic carbocycles. The normalized spacial score (nSPS) is 6.00. The van der Waals surface area contributed by atoms with Crippen LogP contribution in [0, 0.1) is 6.54 Å². The molecule has 0 unspecified atom stereocenters. The molecule has 0 rings (SSSR count). The van der Waals surface area contributed by atoms with Gasteiger partial charge in [-0.15, -0.1) is 6.58 Å². The molecule has 0 aliphatic heterocycles. The van der Waals surface area contributed by atoms with Crippen molar-refractivity contribution in [3.63, 3.8) is 0 Å². The Balaban J connectivity index is 3.07. The second-order valence-electron chi connectivity index (χ2n) is 0.605. The molecule has 0 fully saturated rings. The summed E-state index contributed by atoms with van der Waals surface area (Å²) in [6.45, 7) is 4.84. The van der Waals surface area contributed by atoms with Gasteiger partial charge in [-0.2, -0.15) is 0 Å². The van der Waals surface area contributed by atoms with Gasteiger partial charge in [0.15, 0.2) is 0 Å². The van der Waals surface area contributed by atoms with Gasteiger partial charge in [0.25, 0.3) is 0 Å². The maximum Gasteiger partial charge on any atom is 0.105 e. The van der Waals surface area contributed by atoms with Crippen molar-refractivity contribution in [1.82, 2.24) is 0 Å². The summed E-state index contributed by atoms with van der Waals surface area (Å²) in [5.74, 6) is 0. The number of aliphatic imine (C=N–C) groups is 1. The Morgan fingerprint density at radius 3 is 2.67 bits per heavy atom. The van der Waals surface area contributed by atoms with E-state index in [-0.39, 0.29) is 0 Å². The van der Waals surface area contributed by atoms with Crippen LogP contribution in [0.4, 0.5) is 0 Å². The van der Waals surface area contributed by atoms with Crippen LogP contribution < -0.4 is 0 Å². The van der Waals surface area contributed by atoms with Gasteiger partial charge >= 0.3 is 0 Å². The van der Waals surface area contributed by atoms with Crippen LogP contribution in [-0.4, -0.2) is 5.16 Å². The van der Waals surface area contributed by atoms with E-state index in [1.54, 1.807) is 6.08 Å². The zero-order valence-corrected chi connectivity index (χ0v) is 4.03. The van der Waals surface area contributed by atoms with Crippen molar-refractivity contribution in [2.45, 2.75) is 0 Å². The maximum absolute atomic E-state index is 4.22. The first-order chi connectivity index (χ1) is 2.91. The van der Waals surface area contributed by atoms with E-state index < -0.39 is 0 Å². The fraction of sp³-hybridized carbons (Fsp3) is 0. The van der Waals surface area contributed by atoms with Crippen LogP contribution in [0.2, 0.25) is 0 Å². The molecule has 6 heavy (non-hydrogen) atoms. The van der Waals surface area contributed by atoms with Crippen LogP contribution in [0.3, 0.4) is 0 Å². The first kappa shape index (κ1) is 5.54. The molecule has 0 heterocycles. The monoisotopic (exact) mass is 98.0 g/mol. The van der Waals surface area contributed by atoms with Crippen molar-refractivity contribution in [3.05, 3.63) is 19.2 Å². The lowest BCUT2D eigenvalue weighted by molar-refractivity contribution is 1.47. The third-order valence-electron chi connectivity index (χ3n) is 0.233. The molecule has 0 atom stereocenters. The van der Waals surface area contributed by atoms with Gasteiger partial charge in [0.2, 0.25) is 0 Å². The standard InChI is InChI=1S/C4H4NS/c1-2-3-5-4-6/h2-3H,1H2. The molecule has 0 saturated carbocycles. The molecule has 2 heteroatoms. The third kappa shape index (κ3) is 3.54. The summed E-state index contributed by atoms with van der Waals surface area (Å²) < 4.78 is 0. The van der Waals surface area contributed by atoms with Crippen LogP contribution in [0.25, 0.3) is 0 Å². The minimum atomic E-state index is 1.48. The SMILES string of the molecule is C=C[CH]N=C=S. The number of hydrogen-bond donors (Lipinski definition) is 0. The Morgan fingerprint density at radius 2 is 2.50 bits per heavy atom. The summed E-state index contributed by atoms with van der Waals surface area (Å²) in [5, 5.41) is 2.15. The lowest BCUT2D eigenvalue weighted by Crippen LogP contribution is -1.50. The van der Waals surface area contributed by atoms with Crippen molar-refractivity contribution >= 4 is 17.4 Å². The highest BCUT2D eigenvalue weighted by atomic mass is 32.1. The molecule has 0 aliphatic carbocycles.